The summed E-state index contributed by atoms with van der Waals surface area (Å²) in [6, 6.07) is 18.2. The number of nitrogens with one attached hydrogen (secondary N) is 1. The highest BCUT2D eigenvalue weighted by atomic mass is 19.1. The van der Waals surface area contributed by atoms with Crippen molar-refractivity contribution in [1.82, 2.24) is 14.2 Å². The standard InChI is InChI=1S/C24H16F2N4O2/c25-17-5-3-4-15(12-17)14-29-22-13-16(23(31)28-19-7-2-1-6-18(19)26)8-9-20(22)30-21(24(29)32)10-11-27-30/h1-13H,14H2,(H,28,31). The van der Waals surface area contributed by atoms with E-state index in [4.69, 9.17) is 0 Å². The number of anilines is 1. The fourth-order valence-corrected chi connectivity index (χ4v) is 3.70. The van der Waals surface area contributed by atoms with E-state index in [-0.39, 0.29) is 23.4 Å². The summed E-state index contributed by atoms with van der Waals surface area (Å²) in [5.41, 5.74) is 1.96. The lowest BCUT2D eigenvalue weighted by molar-refractivity contribution is 0.102. The lowest BCUT2D eigenvalue weighted by atomic mass is 10.1. The average molecular weight is 430 g/mol. The highest BCUT2D eigenvalue weighted by Crippen LogP contribution is 2.20. The Balaban J connectivity index is 1.65. The van der Waals surface area contributed by atoms with Crippen LogP contribution in [0.5, 0.6) is 0 Å². The molecule has 0 spiro atoms. The number of carbonyl (C=O) groups is 1. The molecule has 5 aromatic rings. The molecular weight excluding hydrogens is 414 g/mol. The van der Waals surface area contributed by atoms with E-state index in [0.717, 1.165) is 0 Å². The maximum atomic E-state index is 13.9. The molecule has 0 saturated heterocycles. The molecule has 1 N–H and O–H groups in total. The van der Waals surface area contributed by atoms with E-state index in [2.05, 4.69) is 10.4 Å². The summed E-state index contributed by atoms with van der Waals surface area (Å²) in [5.74, 6) is -1.49. The number of rotatable bonds is 4. The molecule has 0 radical (unpaired) electrons. The second kappa shape index (κ2) is 7.73. The molecule has 3 aromatic carbocycles. The number of carbonyl (C=O) groups excluding carboxylic acids is 1. The van der Waals surface area contributed by atoms with Crippen LogP contribution in [0.15, 0.2) is 83.8 Å². The number of fused-ring (bicyclic) bond motifs is 3. The topological polar surface area (TPSA) is 68.4 Å². The Morgan fingerprint density at radius 2 is 1.75 bits per heavy atom. The highest BCUT2D eigenvalue weighted by Gasteiger charge is 2.16. The zero-order valence-corrected chi connectivity index (χ0v) is 16.6. The second-order valence-corrected chi connectivity index (χ2v) is 7.29. The molecule has 0 fully saturated rings. The van der Waals surface area contributed by atoms with Crippen molar-refractivity contribution in [2.45, 2.75) is 6.54 Å². The van der Waals surface area contributed by atoms with Gasteiger partial charge >= 0.3 is 0 Å². The van der Waals surface area contributed by atoms with E-state index < -0.39 is 17.5 Å². The molecule has 8 heteroatoms. The van der Waals surface area contributed by atoms with Crippen molar-refractivity contribution < 1.29 is 13.6 Å². The van der Waals surface area contributed by atoms with E-state index in [0.29, 0.717) is 22.1 Å². The van der Waals surface area contributed by atoms with Gasteiger partial charge in [0.05, 0.1) is 29.5 Å². The van der Waals surface area contributed by atoms with Crippen LogP contribution in [0.4, 0.5) is 14.5 Å². The molecule has 0 saturated carbocycles. The summed E-state index contributed by atoms with van der Waals surface area (Å²) in [6.45, 7) is 0.104. The van der Waals surface area contributed by atoms with Crippen molar-refractivity contribution in [3.8, 4) is 0 Å². The summed E-state index contributed by atoms with van der Waals surface area (Å²) in [4.78, 5) is 26.0. The van der Waals surface area contributed by atoms with Gasteiger partial charge in [-0.15, -0.1) is 0 Å². The van der Waals surface area contributed by atoms with Crippen LogP contribution in [0, 0.1) is 11.6 Å². The molecule has 2 heterocycles. The lowest BCUT2D eigenvalue weighted by Crippen LogP contribution is -2.24. The summed E-state index contributed by atoms with van der Waals surface area (Å²) in [7, 11) is 0. The third-order valence-electron chi connectivity index (χ3n) is 5.22. The van der Waals surface area contributed by atoms with Crippen LogP contribution in [0.25, 0.3) is 16.6 Å². The highest BCUT2D eigenvalue weighted by molar-refractivity contribution is 6.06. The van der Waals surface area contributed by atoms with Crippen molar-refractivity contribution in [1.29, 1.82) is 0 Å². The van der Waals surface area contributed by atoms with Gasteiger partial charge in [0.15, 0.2) is 0 Å². The molecule has 0 aliphatic carbocycles. The number of hydrogen-bond donors (Lipinski definition) is 1. The predicted octanol–water partition coefficient (Wildman–Crippen LogP) is 4.23. The van der Waals surface area contributed by atoms with Gasteiger partial charge in [-0.3, -0.25) is 9.59 Å². The minimum absolute atomic E-state index is 0.0530. The monoisotopic (exact) mass is 430 g/mol. The minimum atomic E-state index is -0.553. The summed E-state index contributed by atoms with van der Waals surface area (Å²) in [5, 5.41) is 6.76. The molecule has 32 heavy (non-hydrogen) atoms. The molecule has 2 aromatic heterocycles. The SMILES string of the molecule is O=C(Nc1ccccc1F)c1ccc2c(c1)n(Cc1cccc(F)c1)c(=O)c1ccnn12. The van der Waals surface area contributed by atoms with Crippen LogP contribution >= 0.6 is 0 Å². The first-order valence-corrected chi connectivity index (χ1v) is 9.82. The molecule has 158 valence electrons. The van der Waals surface area contributed by atoms with Crippen LogP contribution in [-0.4, -0.2) is 20.1 Å². The zero-order chi connectivity index (χ0) is 22.2. The van der Waals surface area contributed by atoms with E-state index in [1.54, 1.807) is 42.5 Å². The quantitative estimate of drug-likeness (QED) is 0.464. The van der Waals surface area contributed by atoms with E-state index in [1.807, 2.05) is 0 Å². The fraction of sp³-hybridized carbons (Fsp3) is 0.0417. The number of aromatic nitrogens is 3. The number of halogens is 2. The first-order chi connectivity index (χ1) is 15.5. The minimum Gasteiger partial charge on any atom is -0.319 e. The Kier molecular flexibility index (Phi) is 4.74. The van der Waals surface area contributed by atoms with Gasteiger partial charge in [-0.2, -0.15) is 5.10 Å². The fourth-order valence-electron chi connectivity index (χ4n) is 3.70. The Bertz CT molecular complexity index is 1560. The maximum Gasteiger partial charge on any atom is 0.277 e. The molecule has 0 bridgehead atoms. The third kappa shape index (κ3) is 3.41. The number of amides is 1. The molecule has 6 nitrogen and oxygen atoms in total. The van der Waals surface area contributed by atoms with Crippen LogP contribution in [0.2, 0.25) is 0 Å². The van der Waals surface area contributed by atoms with Gasteiger partial charge in [0.25, 0.3) is 11.5 Å². The van der Waals surface area contributed by atoms with E-state index >= 15 is 0 Å². The van der Waals surface area contributed by atoms with Crippen LogP contribution < -0.4 is 10.9 Å². The molecule has 0 aliphatic heterocycles. The molecule has 0 atom stereocenters. The Morgan fingerprint density at radius 1 is 0.906 bits per heavy atom. The average Bonchev–Trinajstić information content (AvgIpc) is 3.28. The normalized spacial score (nSPS) is 11.2. The van der Waals surface area contributed by atoms with Gasteiger partial charge in [-0.25, -0.2) is 13.3 Å². The first-order valence-electron chi connectivity index (χ1n) is 9.82. The van der Waals surface area contributed by atoms with Gasteiger partial charge in [-0.1, -0.05) is 24.3 Å². The molecule has 0 aliphatic rings. The number of nitrogens with zero attached hydrogens (tertiary/aromatic N) is 3. The van der Waals surface area contributed by atoms with Gasteiger partial charge in [0, 0.05) is 5.56 Å². The Hall–Kier alpha value is -4.33. The largest absolute Gasteiger partial charge is 0.319 e. The number of para-hydroxylation sites is 1. The summed E-state index contributed by atoms with van der Waals surface area (Å²) >= 11 is 0. The third-order valence-corrected chi connectivity index (χ3v) is 5.22. The van der Waals surface area contributed by atoms with Gasteiger partial charge in [0.1, 0.15) is 17.2 Å². The van der Waals surface area contributed by atoms with Gasteiger partial charge in [0.2, 0.25) is 0 Å². The van der Waals surface area contributed by atoms with Gasteiger partial charge < -0.3 is 9.88 Å². The van der Waals surface area contributed by atoms with Crippen molar-refractivity contribution in [2.24, 2.45) is 0 Å². The molecule has 1 amide bonds. The van der Waals surface area contributed by atoms with Crippen LogP contribution in [0.1, 0.15) is 15.9 Å². The maximum absolute atomic E-state index is 13.9. The van der Waals surface area contributed by atoms with Gasteiger partial charge in [-0.05, 0) is 54.1 Å². The Labute approximate surface area is 180 Å². The Morgan fingerprint density at radius 3 is 2.56 bits per heavy atom. The number of hydrogen-bond acceptors (Lipinski definition) is 3. The smallest absolute Gasteiger partial charge is 0.277 e. The second-order valence-electron chi connectivity index (χ2n) is 7.29. The molecule has 5 rings (SSSR count). The lowest BCUT2D eigenvalue weighted by Gasteiger charge is -2.14. The predicted molar refractivity (Wildman–Crippen MR) is 117 cm³/mol. The summed E-state index contributed by atoms with van der Waals surface area (Å²) in [6.07, 6.45) is 1.52. The van der Waals surface area contributed by atoms with Crippen molar-refractivity contribution in [3.63, 3.8) is 0 Å². The first kappa shape index (κ1) is 19.6. The van der Waals surface area contributed by atoms with E-state index in [1.165, 1.54) is 45.6 Å². The van der Waals surface area contributed by atoms with Crippen LogP contribution in [0.3, 0.4) is 0 Å². The zero-order valence-electron chi connectivity index (χ0n) is 16.6. The van der Waals surface area contributed by atoms with Crippen molar-refractivity contribution in [2.75, 3.05) is 5.32 Å². The number of benzene rings is 3. The van der Waals surface area contributed by atoms with E-state index in [9.17, 15) is 18.4 Å². The molecular formula is C24H16F2N4O2. The van der Waals surface area contributed by atoms with Crippen molar-refractivity contribution >= 4 is 28.1 Å². The summed E-state index contributed by atoms with van der Waals surface area (Å²) < 4.78 is 30.6. The van der Waals surface area contributed by atoms with Crippen molar-refractivity contribution in [3.05, 3.63) is 112 Å². The molecule has 0 unspecified atom stereocenters. The van der Waals surface area contributed by atoms with Crippen LogP contribution in [-0.2, 0) is 6.54 Å².